The highest BCUT2D eigenvalue weighted by molar-refractivity contribution is 5.83. The van der Waals surface area contributed by atoms with E-state index in [1.165, 1.54) is 5.56 Å². The number of carbonyl (C=O) groups is 1. The second-order valence-electron chi connectivity index (χ2n) is 5.69. The molecule has 0 aliphatic heterocycles. The zero-order valence-corrected chi connectivity index (χ0v) is 15.7. The Morgan fingerprint density at radius 1 is 1.00 bits per heavy atom. The molecular weight excluding hydrogens is 328 g/mol. The van der Waals surface area contributed by atoms with Gasteiger partial charge in [0.1, 0.15) is 5.75 Å². The Hall–Kier alpha value is -2.75. The Balaban J connectivity index is 2.51. The van der Waals surface area contributed by atoms with Crippen LogP contribution in [0.2, 0.25) is 0 Å². The van der Waals surface area contributed by atoms with E-state index in [0.717, 1.165) is 41.5 Å². The molecule has 0 bridgehead atoms. The van der Waals surface area contributed by atoms with Gasteiger partial charge in [-0.1, -0.05) is 38.1 Å². The van der Waals surface area contributed by atoms with Crippen LogP contribution in [0, 0.1) is 0 Å². The fraction of sp³-hybridized carbons (Fsp3) is 0.318. The van der Waals surface area contributed by atoms with Crippen molar-refractivity contribution in [3.8, 4) is 28.4 Å². The van der Waals surface area contributed by atoms with Crippen molar-refractivity contribution in [1.29, 1.82) is 0 Å². The van der Waals surface area contributed by atoms with E-state index >= 15 is 0 Å². The van der Waals surface area contributed by atoms with Crippen molar-refractivity contribution < 1.29 is 19.0 Å². The molecule has 0 spiro atoms. The summed E-state index contributed by atoms with van der Waals surface area (Å²) in [4.78, 5) is 11.4. The van der Waals surface area contributed by atoms with Gasteiger partial charge < -0.3 is 14.2 Å². The molecule has 0 fully saturated rings. The Bertz CT molecular complexity index is 747. The molecule has 2 rings (SSSR count). The Kier molecular flexibility index (Phi) is 7.27. The predicted molar refractivity (Wildman–Crippen MR) is 104 cm³/mol. The number of esters is 1. The molecule has 0 saturated carbocycles. The van der Waals surface area contributed by atoms with Crippen molar-refractivity contribution in [2.45, 2.75) is 33.6 Å². The number of carbonyl (C=O) groups excluding carboxylic acids is 1. The van der Waals surface area contributed by atoms with E-state index in [-0.39, 0.29) is 0 Å². The lowest BCUT2D eigenvalue weighted by atomic mass is 9.95. The van der Waals surface area contributed by atoms with Gasteiger partial charge in [-0.15, -0.1) is 0 Å². The second-order valence-corrected chi connectivity index (χ2v) is 5.69. The van der Waals surface area contributed by atoms with Crippen LogP contribution < -0.4 is 14.2 Å². The molecule has 0 heterocycles. The summed E-state index contributed by atoms with van der Waals surface area (Å²) in [6.07, 6.45) is 3.11. The highest BCUT2D eigenvalue weighted by Gasteiger charge is 2.17. The topological polar surface area (TPSA) is 44.8 Å². The summed E-state index contributed by atoms with van der Waals surface area (Å²) >= 11 is 0. The fourth-order valence-electron chi connectivity index (χ4n) is 2.80. The molecule has 0 radical (unpaired) electrons. The summed E-state index contributed by atoms with van der Waals surface area (Å²) in [7, 11) is 0. The van der Waals surface area contributed by atoms with Gasteiger partial charge in [-0.2, -0.15) is 0 Å². The van der Waals surface area contributed by atoms with Crippen molar-refractivity contribution in [3.63, 3.8) is 0 Å². The van der Waals surface area contributed by atoms with Gasteiger partial charge in [0.25, 0.3) is 0 Å². The van der Waals surface area contributed by atoms with Crippen molar-refractivity contribution in [2.24, 2.45) is 0 Å². The predicted octanol–water partition coefficient (Wildman–Crippen LogP) is 5.19. The smallest absolute Gasteiger partial charge is 0.335 e. The van der Waals surface area contributed by atoms with Gasteiger partial charge in [0.2, 0.25) is 0 Å². The van der Waals surface area contributed by atoms with Gasteiger partial charge in [-0.3, -0.25) is 0 Å². The van der Waals surface area contributed by atoms with Crippen LogP contribution in [-0.4, -0.2) is 19.2 Å². The van der Waals surface area contributed by atoms with Gasteiger partial charge in [-0.25, -0.2) is 4.79 Å². The number of ether oxygens (including phenoxy) is 3. The van der Waals surface area contributed by atoms with Crippen LogP contribution in [0.25, 0.3) is 11.1 Å². The molecule has 2 aromatic rings. The maximum Gasteiger partial charge on any atom is 0.335 e. The van der Waals surface area contributed by atoms with Gasteiger partial charge in [0, 0.05) is 11.6 Å². The van der Waals surface area contributed by atoms with E-state index in [4.69, 9.17) is 14.2 Å². The molecule has 4 heteroatoms. The molecule has 0 atom stereocenters. The zero-order valence-electron chi connectivity index (χ0n) is 15.7. The van der Waals surface area contributed by atoms with E-state index < -0.39 is 5.97 Å². The molecule has 138 valence electrons. The summed E-state index contributed by atoms with van der Waals surface area (Å²) < 4.78 is 16.9. The van der Waals surface area contributed by atoms with Crippen LogP contribution in [0.3, 0.4) is 0 Å². The monoisotopic (exact) mass is 354 g/mol. The first-order valence-corrected chi connectivity index (χ1v) is 9.00. The molecule has 0 aromatic heterocycles. The summed E-state index contributed by atoms with van der Waals surface area (Å²) in [5.74, 6) is 1.51. The molecule has 0 N–H and O–H groups in total. The number of hydrogen-bond acceptors (Lipinski definition) is 4. The lowest BCUT2D eigenvalue weighted by Gasteiger charge is -2.19. The number of hydrogen-bond donors (Lipinski definition) is 0. The fourth-order valence-corrected chi connectivity index (χ4v) is 2.80. The van der Waals surface area contributed by atoms with Crippen molar-refractivity contribution in [3.05, 3.63) is 54.6 Å². The summed E-state index contributed by atoms with van der Waals surface area (Å²) in [5.41, 5.74) is 3.23. The minimum atomic E-state index is -0.474. The van der Waals surface area contributed by atoms with E-state index in [2.05, 4.69) is 19.6 Å². The Morgan fingerprint density at radius 3 is 2.27 bits per heavy atom. The second kappa shape index (κ2) is 9.66. The van der Waals surface area contributed by atoms with E-state index in [1.54, 1.807) is 12.1 Å². The first-order valence-electron chi connectivity index (χ1n) is 9.00. The summed E-state index contributed by atoms with van der Waals surface area (Å²) in [6.45, 7) is 10.6. The van der Waals surface area contributed by atoms with Crippen LogP contribution in [-0.2, 0) is 11.2 Å². The van der Waals surface area contributed by atoms with Gasteiger partial charge in [0.15, 0.2) is 11.5 Å². The summed E-state index contributed by atoms with van der Waals surface area (Å²) in [5, 5.41) is 0. The lowest BCUT2D eigenvalue weighted by molar-refractivity contribution is -0.128. The third-order valence-electron chi connectivity index (χ3n) is 3.84. The maximum absolute atomic E-state index is 11.4. The average molecular weight is 354 g/mol. The van der Waals surface area contributed by atoms with Crippen molar-refractivity contribution in [1.82, 2.24) is 0 Å². The van der Waals surface area contributed by atoms with Crippen molar-refractivity contribution >= 4 is 5.97 Å². The quantitative estimate of drug-likeness (QED) is 0.353. The van der Waals surface area contributed by atoms with Crippen LogP contribution in [0.1, 0.15) is 32.8 Å². The van der Waals surface area contributed by atoms with Gasteiger partial charge >= 0.3 is 5.97 Å². The first-order chi connectivity index (χ1) is 12.6. The maximum atomic E-state index is 11.4. The van der Waals surface area contributed by atoms with Gasteiger partial charge in [0.05, 0.1) is 13.2 Å². The normalized spacial score (nSPS) is 10.3. The van der Waals surface area contributed by atoms with Crippen LogP contribution in [0.15, 0.2) is 49.1 Å². The minimum Gasteiger partial charge on any atom is -0.490 e. The molecule has 0 amide bonds. The molecule has 0 aliphatic rings. The minimum absolute atomic E-state index is 0.474. The first kappa shape index (κ1) is 19.6. The highest BCUT2D eigenvalue weighted by atomic mass is 16.5. The molecule has 26 heavy (non-hydrogen) atoms. The van der Waals surface area contributed by atoms with E-state index in [1.807, 2.05) is 32.0 Å². The van der Waals surface area contributed by atoms with Crippen LogP contribution in [0.5, 0.6) is 17.2 Å². The highest BCUT2D eigenvalue weighted by Crippen LogP contribution is 2.42. The average Bonchev–Trinajstić information content (AvgIpc) is 2.65. The van der Waals surface area contributed by atoms with Gasteiger partial charge in [-0.05, 0) is 49.6 Å². The van der Waals surface area contributed by atoms with Crippen LogP contribution in [0.4, 0.5) is 0 Å². The zero-order chi connectivity index (χ0) is 18.9. The Labute approximate surface area is 155 Å². The summed E-state index contributed by atoms with van der Waals surface area (Å²) in [6, 6.07) is 11.5. The number of rotatable bonds is 9. The molecule has 0 aliphatic carbocycles. The molecule has 2 aromatic carbocycles. The third-order valence-corrected chi connectivity index (χ3v) is 3.84. The third kappa shape index (κ3) is 4.66. The molecule has 0 unspecified atom stereocenters. The lowest BCUT2D eigenvalue weighted by Crippen LogP contribution is -2.04. The Morgan fingerprint density at radius 2 is 1.69 bits per heavy atom. The molecular formula is C22H26O4. The number of aryl methyl sites for hydroxylation is 1. The largest absolute Gasteiger partial charge is 0.490 e. The number of benzene rings is 2. The SMILES string of the molecule is C=CC(=O)Oc1ccc(-c2c(CCC)ccc(OCC)c2OCC)cc1. The van der Waals surface area contributed by atoms with E-state index in [9.17, 15) is 4.79 Å². The standard InChI is InChI=1S/C22H26O4/c1-5-9-16-12-15-19(24-7-3)22(25-8-4)21(16)17-10-13-18(14-11-17)26-20(23)6-2/h6,10-15H,2,5,7-9H2,1,3-4H3. The molecule has 0 saturated heterocycles. The van der Waals surface area contributed by atoms with Crippen molar-refractivity contribution in [2.75, 3.05) is 13.2 Å². The molecule has 4 nitrogen and oxygen atoms in total. The van der Waals surface area contributed by atoms with E-state index in [0.29, 0.717) is 19.0 Å². The van der Waals surface area contributed by atoms with Crippen LogP contribution >= 0.6 is 0 Å².